The van der Waals surface area contributed by atoms with Gasteiger partial charge in [0.2, 0.25) is 0 Å². The molecule has 0 spiro atoms. The molecule has 1 aromatic carbocycles. The fraction of sp³-hybridized carbons (Fsp3) is 0.500. The summed E-state index contributed by atoms with van der Waals surface area (Å²) in [6.45, 7) is 2.70. The molecule has 128 valence electrons. The van der Waals surface area contributed by atoms with Crippen LogP contribution < -0.4 is 0 Å². The first kappa shape index (κ1) is 16.4. The zero-order chi connectivity index (χ0) is 17.6. The number of imide groups is 1. The number of rotatable bonds is 4. The number of hydrogen-bond donors (Lipinski definition) is 0. The number of nitrogens with zero attached hydrogens (tertiary/aromatic N) is 3. The quantitative estimate of drug-likeness (QED) is 0.623. The molecule has 1 saturated carbocycles. The van der Waals surface area contributed by atoms with Gasteiger partial charge in [-0.15, -0.1) is 0 Å². The van der Waals surface area contributed by atoms with Crippen LogP contribution in [0.1, 0.15) is 32.3 Å². The van der Waals surface area contributed by atoms with Crippen molar-refractivity contribution in [3.8, 4) is 0 Å². The molecule has 3 rings (SSSR count). The Morgan fingerprint density at radius 1 is 1.29 bits per heavy atom. The van der Waals surface area contributed by atoms with Crippen LogP contribution in [0.15, 0.2) is 24.3 Å². The Kier molecular flexibility index (Phi) is 3.77. The zero-order valence-corrected chi connectivity index (χ0v) is 13.4. The summed E-state index contributed by atoms with van der Waals surface area (Å²) in [5.41, 5.74) is -1.36. The van der Waals surface area contributed by atoms with Crippen molar-refractivity contribution in [1.82, 2.24) is 9.80 Å². The maximum atomic E-state index is 13.0. The summed E-state index contributed by atoms with van der Waals surface area (Å²) in [6, 6.07) is 3.97. The second-order valence-corrected chi connectivity index (χ2v) is 6.52. The van der Waals surface area contributed by atoms with Crippen LogP contribution in [-0.4, -0.2) is 44.3 Å². The van der Waals surface area contributed by atoms with E-state index in [1.165, 1.54) is 36.1 Å². The maximum absolute atomic E-state index is 13.0. The number of carbonyl (C=O) groups excluding carboxylic acids is 2. The lowest BCUT2D eigenvalue weighted by atomic mass is 9.88. The number of urea groups is 1. The molecule has 0 N–H and O–H groups in total. The third-order valence-electron chi connectivity index (χ3n) is 4.93. The van der Waals surface area contributed by atoms with Gasteiger partial charge in [0.15, 0.2) is 0 Å². The van der Waals surface area contributed by atoms with Crippen molar-refractivity contribution in [3.05, 3.63) is 45.8 Å². The highest BCUT2D eigenvalue weighted by atomic mass is 19.1. The number of benzene rings is 1. The molecule has 1 aromatic rings. The Labute approximate surface area is 138 Å². The van der Waals surface area contributed by atoms with Crippen molar-refractivity contribution in [2.45, 2.75) is 50.9 Å². The van der Waals surface area contributed by atoms with Crippen molar-refractivity contribution in [2.24, 2.45) is 0 Å². The molecule has 1 aliphatic heterocycles. The molecule has 24 heavy (non-hydrogen) atoms. The lowest BCUT2D eigenvalue weighted by Crippen LogP contribution is -2.71. The van der Waals surface area contributed by atoms with E-state index in [2.05, 4.69) is 0 Å². The van der Waals surface area contributed by atoms with Gasteiger partial charge in [-0.05, 0) is 37.5 Å². The Bertz CT molecular complexity index is 704. The van der Waals surface area contributed by atoms with E-state index < -0.39 is 34.3 Å². The van der Waals surface area contributed by atoms with Crippen LogP contribution >= 0.6 is 0 Å². The minimum Gasteiger partial charge on any atom is -0.311 e. The SMILES string of the molecule is CC1N(C2CC2)C(=O)N(Cc2ccc(F)cc2)C(=O)C1(C)[N+](=O)[O-]. The van der Waals surface area contributed by atoms with E-state index in [1.807, 2.05) is 0 Å². The molecule has 0 bridgehead atoms. The molecular weight excluding hydrogens is 317 g/mol. The van der Waals surface area contributed by atoms with Gasteiger partial charge >= 0.3 is 17.5 Å². The lowest BCUT2D eigenvalue weighted by Gasteiger charge is -2.44. The summed E-state index contributed by atoms with van der Waals surface area (Å²) >= 11 is 0. The summed E-state index contributed by atoms with van der Waals surface area (Å²) < 4.78 is 13.0. The van der Waals surface area contributed by atoms with Crippen molar-refractivity contribution < 1.29 is 18.9 Å². The second-order valence-electron chi connectivity index (χ2n) is 6.52. The topological polar surface area (TPSA) is 83.8 Å². The summed E-state index contributed by atoms with van der Waals surface area (Å²) in [7, 11) is 0. The average Bonchev–Trinajstić information content (AvgIpc) is 3.36. The molecule has 0 radical (unpaired) electrons. The summed E-state index contributed by atoms with van der Waals surface area (Å²) in [6.07, 6.45) is 1.56. The number of halogens is 1. The van der Waals surface area contributed by atoms with E-state index >= 15 is 0 Å². The summed E-state index contributed by atoms with van der Waals surface area (Å²) in [5, 5.41) is 11.6. The highest BCUT2D eigenvalue weighted by molar-refractivity contribution is 6.02. The van der Waals surface area contributed by atoms with Gasteiger partial charge < -0.3 is 4.90 Å². The summed E-state index contributed by atoms with van der Waals surface area (Å²) in [5.74, 6) is -1.26. The second kappa shape index (κ2) is 5.54. The highest BCUT2D eigenvalue weighted by Crippen LogP contribution is 2.38. The molecule has 1 saturated heterocycles. The van der Waals surface area contributed by atoms with Gasteiger partial charge in [0.1, 0.15) is 11.9 Å². The first-order chi connectivity index (χ1) is 11.3. The third-order valence-corrected chi connectivity index (χ3v) is 4.93. The molecular formula is C16H18FN3O4. The van der Waals surface area contributed by atoms with Crippen LogP contribution in [0.5, 0.6) is 0 Å². The van der Waals surface area contributed by atoms with Crippen LogP contribution in [0.2, 0.25) is 0 Å². The van der Waals surface area contributed by atoms with Crippen molar-refractivity contribution >= 4 is 11.9 Å². The molecule has 2 aliphatic rings. The highest BCUT2D eigenvalue weighted by Gasteiger charge is 2.63. The van der Waals surface area contributed by atoms with E-state index in [4.69, 9.17) is 0 Å². The molecule has 3 amide bonds. The Hall–Kier alpha value is -2.51. The minimum absolute atomic E-state index is 0.0596. The molecule has 8 heteroatoms. The Morgan fingerprint density at radius 3 is 2.38 bits per heavy atom. The van der Waals surface area contributed by atoms with Crippen LogP contribution in [0.4, 0.5) is 9.18 Å². The zero-order valence-electron chi connectivity index (χ0n) is 13.4. The third kappa shape index (κ3) is 2.42. The molecule has 0 aromatic heterocycles. The number of nitro groups is 1. The first-order valence-electron chi connectivity index (χ1n) is 7.80. The van der Waals surface area contributed by atoms with Crippen LogP contribution in [0.3, 0.4) is 0 Å². The monoisotopic (exact) mass is 335 g/mol. The largest absolute Gasteiger partial charge is 0.327 e. The average molecular weight is 335 g/mol. The normalized spacial score (nSPS) is 27.5. The predicted octanol–water partition coefficient (Wildman–Crippen LogP) is 2.18. The fourth-order valence-corrected chi connectivity index (χ4v) is 3.08. The van der Waals surface area contributed by atoms with E-state index in [9.17, 15) is 24.1 Å². The molecule has 2 fully saturated rings. The van der Waals surface area contributed by atoms with Crippen LogP contribution in [0.25, 0.3) is 0 Å². The standard InChI is InChI=1S/C16H18FN3O4/c1-10-16(2,20(23)24)14(21)18(15(22)19(10)13-7-8-13)9-11-3-5-12(17)6-4-11/h3-6,10,13H,7-9H2,1-2H3. The first-order valence-corrected chi connectivity index (χ1v) is 7.80. The fourth-order valence-electron chi connectivity index (χ4n) is 3.08. The molecule has 2 atom stereocenters. The Morgan fingerprint density at radius 2 is 1.88 bits per heavy atom. The van der Waals surface area contributed by atoms with Crippen molar-refractivity contribution in [1.29, 1.82) is 0 Å². The van der Waals surface area contributed by atoms with Gasteiger partial charge in [0.25, 0.3) is 0 Å². The van der Waals surface area contributed by atoms with Crippen LogP contribution in [0, 0.1) is 15.9 Å². The van der Waals surface area contributed by atoms with E-state index in [1.54, 1.807) is 6.92 Å². The molecule has 1 aliphatic carbocycles. The van der Waals surface area contributed by atoms with Gasteiger partial charge in [-0.3, -0.25) is 19.8 Å². The Balaban J connectivity index is 1.96. The lowest BCUT2D eigenvalue weighted by molar-refractivity contribution is -0.557. The van der Waals surface area contributed by atoms with Gasteiger partial charge in [-0.2, -0.15) is 0 Å². The number of carbonyl (C=O) groups is 2. The van der Waals surface area contributed by atoms with Gasteiger partial charge in [-0.25, -0.2) is 9.18 Å². The predicted molar refractivity (Wildman–Crippen MR) is 82.1 cm³/mol. The van der Waals surface area contributed by atoms with Crippen molar-refractivity contribution in [3.63, 3.8) is 0 Å². The summed E-state index contributed by atoms with van der Waals surface area (Å²) in [4.78, 5) is 38.8. The van der Waals surface area contributed by atoms with Gasteiger partial charge in [0, 0.05) is 17.9 Å². The smallest absolute Gasteiger partial charge is 0.311 e. The van der Waals surface area contributed by atoms with Gasteiger partial charge in [-0.1, -0.05) is 12.1 Å². The van der Waals surface area contributed by atoms with Crippen LogP contribution in [-0.2, 0) is 11.3 Å². The number of hydrogen-bond acceptors (Lipinski definition) is 4. The molecule has 1 heterocycles. The van der Waals surface area contributed by atoms with Gasteiger partial charge in [0.05, 0.1) is 6.54 Å². The van der Waals surface area contributed by atoms with E-state index in [0.29, 0.717) is 5.56 Å². The van der Waals surface area contributed by atoms with E-state index in [-0.39, 0.29) is 12.6 Å². The van der Waals surface area contributed by atoms with E-state index in [0.717, 1.165) is 17.7 Å². The van der Waals surface area contributed by atoms with Crippen molar-refractivity contribution in [2.75, 3.05) is 0 Å². The molecule has 2 unspecified atom stereocenters. The molecule has 7 nitrogen and oxygen atoms in total. The maximum Gasteiger partial charge on any atom is 0.327 e. The number of amides is 3. The minimum atomic E-state index is -1.89.